The molecule has 0 rings (SSSR count). The second-order valence-electron chi connectivity index (χ2n) is 0. The van der Waals surface area contributed by atoms with Crippen LogP contribution in [0.3, 0.4) is 0 Å². The fourth-order valence-corrected chi connectivity index (χ4v) is 0. The molecule has 0 aliphatic carbocycles. The average molecular weight is 314 g/mol. The van der Waals surface area contributed by atoms with E-state index in [1.54, 1.807) is 0 Å². The van der Waals surface area contributed by atoms with Gasteiger partial charge in [0.1, 0.15) is 0 Å². The van der Waals surface area contributed by atoms with E-state index < -0.39 is 0 Å². The number of hydrogen-bond acceptors (Lipinski definition) is 0. The van der Waals surface area contributed by atoms with Crippen molar-refractivity contribution in [2.75, 3.05) is 0 Å². The van der Waals surface area contributed by atoms with Crippen LogP contribution in [-0.2, 0) is 53.0 Å². The first-order chi connectivity index (χ1) is 0. The summed E-state index contributed by atoms with van der Waals surface area (Å²) in [7, 11) is 0. The molecule has 1 radical (unpaired) electrons. The van der Waals surface area contributed by atoms with Crippen molar-refractivity contribution in [3.8, 4) is 0 Å². The van der Waals surface area contributed by atoms with E-state index in [-0.39, 0.29) is 102 Å². The van der Waals surface area contributed by atoms with Crippen molar-refractivity contribution in [3.05, 3.63) is 0 Å². The van der Waals surface area contributed by atoms with Gasteiger partial charge in [-0.2, -0.15) is 0 Å². The summed E-state index contributed by atoms with van der Waals surface area (Å²) in [5.74, 6) is 0. The monoisotopic (exact) mass is 313 g/mol. The van der Waals surface area contributed by atoms with Crippen LogP contribution in [-0.4, -0.2) is 48.9 Å². The van der Waals surface area contributed by atoms with E-state index in [0.29, 0.717) is 0 Å². The van der Waals surface area contributed by atoms with Crippen LogP contribution in [0.2, 0.25) is 0 Å². The third kappa shape index (κ3) is 30.7. The maximum atomic E-state index is 0. The standard InChI is InChI=1S/Ba.Cu.3O.Zn/q2*+2;3*-2;+2. The fourth-order valence-electron chi connectivity index (χ4n) is 0. The van der Waals surface area contributed by atoms with Crippen LogP contribution in [0.15, 0.2) is 0 Å². The topological polar surface area (TPSA) is 85.5 Å². The van der Waals surface area contributed by atoms with Gasteiger partial charge in [-0.3, -0.25) is 0 Å². The smallest absolute Gasteiger partial charge is 2.00 e. The predicted molar refractivity (Wildman–Crippen MR) is 7.81 cm³/mol. The van der Waals surface area contributed by atoms with Gasteiger partial charge < -0.3 is 16.4 Å². The van der Waals surface area contributed by atoms with Crippen molar-refractivity contribution in [3.63, 3.8) is 0 Å². The molecule has 0 aliphatic rings. The van der Waals surface area contributed by atoms with Crippen LogP contribution in [0, 0.1) is 0 Å². The van der Waals surface area contributed by atoms with Crippen LogP contribution >= 0.6 is 0 Å². The summed E-state index contributed by atoms with van der Waals surface area (Å²) in [5.41, 5.74) is 0. The molecule has 0 aromatic carbocycles. The summed E-state index contributed by atoms with van der Waals surface area (Å²) >= 11 is 0. The van der Waals surface area contributed by atoms with Gasteiger partial charge in [-0.1, -0.05) is 0 Å². The third-order valence-corrected chi connectivity index (χ3v) is 0. The Bertz CT molecular complexity index is 10.8. The van der Waals surface area contributed by atoms with Crippen LogP contribution in [0.25, 0.3) is 0 Å². The molecule has 0 fully saturated rings. The zero-order valence-corrected chi connectivity index (χ0v) is 11.3. The van der Waals surface area contributed by atoms with Gasteiger partial charge in [0.15, 0.2) is 0 Å². The molecule has 0 N–H and O–H groups in total. The van der Waals surface area contributed by atoms with Crippen LogP contribution < -0.4 is 0 Å². The summed E-state index contributed by atoms with van der Waals surface area (Å²) in [6.07, 6.45) is 0. The molecule has 0 amide bonds. The van der Waals surface area contributed by atoms with Crippen LogP contribution in [0.5, 0.6) is 0 Å². The molecular formula is BaCuO3Zn. The zero-order valence-electron chi connectivity index (χ0n) is 2.94. The molecule has 0 aromatic heterocycles. The van der Waals surface area contributed by atoms with Crippen molar-refractivity contribution in [2.24, 2.45) is 0 Å². The fraction of sp³-hybridized carbons (Fsp3) is 0. The van der Waals surface area contributed by atoms with Crippen molar-refractivity contribution < 1.29 is 53.0 Å². The van der Waals surface area contributed by atoms with Gasteiger partial charge in [0.05, 0.1) is 0 Å². The molecule has 0 atom stereocenters. The second kappa shape index (κ2) is 49.1. The van der Waals surface area contributed by atoms with E-state index in [9.17, 15) is 0 Å². The Morgan fingerprint density at radius 3 is 0.667 bits per heavy atom. The summed E-state index contributed by atoms with van der Waals surface area (Å²) in [5, 5.41) is 0. The Kier molecular flexibility index (Phi) is 602. The first kappa shape index (κ1) is 73.6. The predicted octanol–water partition coefficient (Wildman–Crippen LogP) is -0.742. The Morgan fingerprint density at radius 1 is 0.667 bits per heavy atom. The summed E-state index contributed by atoms with van der Waals surface area (Å²) in [6.45, 7) is 0. The quantitative estimate of drug-likeness (QED) is 0.527. The molecule has 0 unspecified atom stereocenters. The molecule has 3 nitrogen and oxygen atoms in total. The van der Waals surface area contributed by atoms with E-state index >= 15 is 0 Å². The van der Waals surface area contributed by atoms with Gasteiger partial charge in [0.25, 0.3) is 0 Å². The Balaban J connectivity index is 0. The molecule has 0 saturated carbocycles. The first-order valence-corrected chi connectivity index (χ1v) is 0. The van der Waals surface area contributed by atoms with Crippen molar-refractivity contribution in [1.82, 2.24) is 0 Å². The number of hydrogen-bond donors (Lipinski definition) is 0. The minimum Gasteiger partial charge on any atom is -2.00 e. The zero-order chi connectivity index (χ0) is 0. The normalized spacial score (nSPS) is 0. The minimum atomic E-state index is 0. The van der Waals surface area contributed by atoms with Gasteiger partial charge in [-0.15, -0.1) is 0 Å². The SMILES string of the molecule is [Ba+2].[Cu+2].[O-2].[O-2].[O-2].[Zn+2]. The largest absolute Gasteiger partial charge is 2.00 e. The van der Waals surface area contributed by atoms with Gasteiger partial charge in [0.2, 0.25) is 0 Å². The molecule has 0 saturated heterocycles. The van der Waals surface area contributed by atoms with E-state index in [1.807, 2.05) is 0 Å². The maximum Gasteiger partial charge on any atom is 2.00 e. The van der Waals surface area contributed by atoms with Gasteiger partial charge >= 0.3 is 85.4 Å². The Morgan fingerprint density at radius 2 is 0.667 bits per heavy atom. The summed E-state index contributed by atoms with van der Waals surface area (Å²) in [4.78, 5) is 0. The molecule has 0 bridgehead atoms. The van der Waals surface area contributed by atoms with E-state index in [2.05, 4.69) is 0 Å². The maximum absolute atomic E-state index is 0. The molecule has 0 aromatic rings. The Hall–Kier alpha value is 2.59. The van der Waals surface area contributed by atoms with Crippen LogP contribution in [0.4, 0.5) is 0 Å². The summed E-state index contributed by atoms with van der Waals surface area (Å²) < 4.78 is 0. The number of rotatable bonds is 0. The molecule has 33 valence electrons. The molecular weight excluding hydrogens is 314 g/mol. The minimum absolute atomic E-state index is 0. The van der Waals surface area contributed by atoms with Crippen LogP contribution in [0.1, 0.15) is 0 Å². The van der Waals surface area contributed by atoms with E-state index in [4.69, 9.17) is 0 Å². The average Bonchev–Trinajstić information content (AvgIpc) is 0. The molecule has 0 spiro atoms. The van der Waals surface area contributed by atoms with E-state index in [0.717, 1.165) is 0 Å². The third-order valence-electron chi connectivity index (χ3n) is 0. The molecule has 0 aliphatic heterocycles. The van der Waals surface area contributed by atoms with Gasteiger partial charge in [-0.05, 0) is 0 Å². The van der Waals surface area contributed by atoms with Crippen molar-refractivity contribution in [2.45, 2.75) is 0 Å². The van der Waals surface area contributed by atoms with Crippen molar-refractivity contribution >= 4 is 48.9 Å². The first-order valence-electron chi connectivity index (χ1n) is 0. The van der Waals surface area contributed by atoms with Gasteiger partial charge in [-0.25, -0.2) is 0 Å². The van der Waals surface area contributed by atoms with E-state index in [1.165, 1.54) is 0 Å². The summed E-state index contributed by atoms with van der Waals surface area (Å²) in [6, 6.07) is 0. The second-order valence-corrected chi connectivity index (χ2v) is 0. The molecule has 0 heterocycles. The molecule has 6 heavy (non-hydrogen) atoms. The van der Waals surface area contributed by atoms with Gasteiger partial charge in [0, 0.05) is 0 Å². The Labute approximate surface area is 99.9 Å². The van der Waals surface area contributed by atoms with Crippen molar-refractivity contribution in [1.29, 1.82) is 0 Å². The molecule has 6 heteroatoms.